The van der Waals surface area contributed by atoms with Gasteiger partial charge in [0.15, 0.2) is 0 Å². The summed E-state index contributed by atoms with van der Waals surface area (Å²) in [5.41, 5.74) is 9.75. The smallest absolute Gasteiger partial charge is 0.122 e. The molecule has 0 radical (unpaired) electrons. The molecule has 2 nitrogen and oxygen atoms in total. The normalized spacial score (nSPS) is 14.6. The standard InChI is InChI=1S/C17H17Cl2NO/c18-14-3-1-2-13(17(14)19)15(20)6-4-11-5-7-16-12(10-11)8-9-21-16/h1-3,5,7,10,15H,4,6,8-9,20H2. The van der Waals surface area contributed by atoms with E-state index in [0.29, 0.717) is 10.0 Å². The average Bonchev–Trinajstić information content (AvgIpc) is 2.95. The minimum atomic E-state index is -0.110. The molecular weight excluding hydrogens is 305 g/mol. The zero-order chi connectivity index (χ0) is 14.8. The zero-order valence-corrected chi connectivity index (χ0v) is 13.1. The maximum Gasteiger partial charge on any atom is 0.122 e. The van der Waals surface area contributed by atoms with Gasteiger partial charge in [-0.15, -0.1) is 0 Å². The number of fused-ring (bicyclic) bond motifs is 1. The molecule has 0 saturated heterocycles. The first kappa shape index (κ1) is 14.7. The highest BCUT2D eigenvalue weighted by molar-refractivity contribution is 6.42. The van der Waals surface area contributed by atoms with Crippen LogP contribution in [0.1, 0.15) is 29.2 Å². The van der Waals surface area contributed by atoms with Crippen LogP contribution in [0.4, 0.5) is 0 Å². The number of ether oxygens (including phenoxy) is 1. The van der Waals surface area contributed by atoms with Crippen molar-refractivity contribution < 1.29 is 4.74 Å². The van der Waals surface area contributed by atoms with Crippen molar-refractivity contribution >= 4 is 23.2 Å². The Morgan fingerprint density at radius 2 is 2.05 bits per heavy atom. The Hall–Kier alpha value is -1.22. The molecule has 0 fully saturated rings. The van der Waals surface area contributed by atoms with Crippen LogP contribution in [-0.2, 0) is 12.8 Å². The molecule has 1 aliphatic rings. The Morgan fingerprint density at radius 1 is 1.19 bits per heavy atom. The molecule has 0 aliphatic carbocycles. The fourth-order valence-corrected chi connectivity index (χ4v) is 3.13. The van der Waals surface area contributed by atoms with Crippen LogP contribution < -0.4 is 10.5 Å². The molecule has 1 unspecified atom stereocenters. The van der Waals surface area contributed by atoms with E-state index in [1.165, 1.54) is 11.1 Å². The molecule has 0 bridgehead atoms. The zero-order valence-electron chi connectivity index (χ0n) is 11.6. The van der Waals surface area contributed by atoms with E-state index < -0.39 is 0 Å². The van der Waals surface area contributed by atoms with Gasteiger partial charge < -0.3 is 10.5 Å². The third-order valence-electron chi connectivity index (χ3n) is 3.88. The summed E-state index contributed by atoms with van der Waals surface area (Å²) in [7, 11) is 0. The number of rotatable bonds is 4. The number of nitrogens with two attached hydrogens (primary N) is 1. The molecular formula is C17H17Cl2NO. The fourth-order valence-electron chi connectivity index (χ4n) is 2.68. The van der Waals surface area contributed by atoms with Gasteiger partial charge in [-0.2, -0.15) is 0 Å². The van der Waals surface area contributed by atoms with Crippen LogP contribution in [0.3, 0.4) is 0 Å². The van der Waals surface area contributed by atoms with E-state index in [-0.39, 0.29) is 6.04 Å². The van der Waals surface area contributed by atoms with Gasteiger partial charge in [-0.1, -0.05) is 47.5 Å². The number of halogens is 2. The first-order chi connectivity index (χ1) is 10.1. The van der Waals surface area contributed by atoms with Gasteiger partial charge in [-0.25, -0.2) is 0 Å². The summed E-state index contributed by atoms with van der Waals surface area (Å²) in [5.74, 6) is 1.01. The van der Waals surface area contributed by atoms with Gasteiger partial charge in [0, 0.05) is 12.5 Å². The van der Waals surface area contributed by atoms with Gasteiger partial charge in [-0.05, 0) is 41.7 Å². The van der Waals surface area contributed by atoms with Crippen molar-refractivity contribution in [1.82, 2.24) is 0 Å². The largest absolute Gasteiger partial charge is 0.493 e. The van der Waals surface area contributed by atoms with Crippen molar-refractivity contribution in [3.05, 3.63) is 63.1 Å². The van der Waals surface area contributed by atoms with Crippen LogP contribution in [0.25, 0.3) is 0 Å². The Kier molecular flexibility index (Phi) is 4.39. The van der Waals surface area contributed by atoms with Gasteiger partial charge in [0.05, 0.1) is 16.7 Å². The first-order valence-electron chi connectivity index (χ1n) is 7.09. The van der Waals surface area contributed by atoms with Crippen LogP contribution >= 0.6 is 23.2 Å². The molecule has 0 aromatic heterocycles. The number of benzene rings is 2. The van der Waals surface area contributed by atoms with Crippen molar-refractivity contribution in [1.29, 1.82) is 0 Å². The average molecular weight is 322 g/mol. The van der Waals surface area contributed by atoms with Crippen LogP contribution in [0.5, 0.6) is 5.75 Å². The molecule has 110 valence electrons. The quantitative estimate of drug-likeness (QED) is 0.895. The van der Waals surface area contributed by atoms with Gasteiger partial charge in [0.25, 0.3) is 0 Å². The Labute approximate surface area is 134 Å². The highest BCUT2D eigenvalue weighted by Gasteiger charge is 2.14. The van der Waals surface area contributed by atoms with Crippen LogP contribution in [-0.4, -0.2) is 6.61 Å². The molecule has 2 N–H and O–H groups in total. The number of aryl methyl sites for hydroxylation is 1. The third-order valence-corrected chi connectivity index (χ3v) is 4.71. The lowest BCUT2D eigenvalue weighted by atomic mass is 9.98. The molecule has 21 heavy (non-hydrogen) atoms. The summed E-state index contributed by atoms with van der Waals surface area (Å²) in [6.45, 7) is 0.788. The van der Waals surface area contributed by atoms with E-state index in [4.69, 9.17) is 33.7 Å². The molecule has 0 saturated carbocycles. The second-order valence-corrected chi connectivity index (χ2v) is 6.11. The van der Waals surface area contributed by atoms with Gasteiger partial charge in [0.1, 0.15) is 5.75 Å². The van der Waals surface area contributed by atoms with Crippen molar-refractivity contribution in [2.24, 2.45) is 5.73 Å². The van der Waals surface area contributed by atoms with Gasteiger partial charge in [-0.3, -0.25) is 0 Å². The second-order valence-electron chi connectivity index (χ2n) is 5.33. The molecule has 1 heterocycles. The molecule has 0 amide bonds. The molecule has 3 rings (SSSR count). The second kappa shape index (κ2) is 6.27. The predicted octanol–water partition coefficient (Wildman–Crippen LogP) is 4.56. The van der Waals surface area contributed by atoms with E-state index in [1.807, 2.05) is 12.1 Å². The Balaban J connectivity index is 1.68. The maximum absolute atomic E-state index is 6.26. The lowest BCUT2D eigenvalue weighted by Gasteiger charge is -2.14. The number of hydrogen-bond donors (Lipinski definition) is 1. The summed E-state index contributed by atoms with van der Waals surface area (Å²) >= 11 is 12.3. The SMILES string of the molecule is NC(CCc1ccc2c(c1)CCO2)c1cccc(Cl)c1Cl. The molecule has 4 heteroatoms. The van der Waals surface area contributed by atoms with E-state index in [9.17, 15) is 0 Å². The summed E-state index contributed by atoms with van der Waals surface area (Å²) < 4.78 is 5.52. The molecule has 0 spiro atoms. The minimum absolute atomic E-state index is 0.110. The first-order valence-corrected chi connectivity index (χ1v) is 7.85. The predicted molar refractivity (Wildman–Crippen MR) is 87.4 cm³/mol. The van der Waals surface area contributed by atoms with Crippen LogP contribution in [0.15, 0.2) is 36.4 Å². The van der Waals surface area contributed by atoms with Crippen molar-refractivity contribution in [3.8, 4) is 5.75 Å². The summed E-state index contributed by atoms with van der Waals surface area (Å²) in [6, 6.07) is 11.9. The van der Waals surface area contributed by atoms with Crippen molar-refractivity contribution in [3.63, 3.8) is 0 Å². The monoisotopic (exact) mass is 321 g/mol. The van der Waals surface area contributed by atoms with E-state index in [0.717, 1.165) is 37.2 Å². The van der Waals surface area contributed by atoms with Gasteiger partial charge >= 0.3 is 0 Å². The lowest BCUT2D eigenvalue weighted by molar-refractivity contribution is 0.357. The topological polar surface area (TPSA) is 35.2 Å². The highest BCUT2D eigenvalue weighted by Crippen LogP contribution is 2.31. The van der Waals surface area contributed by atoms with E-state index in [1.54, 1.807) is 6.07 Å². The minimum Gasteiger partial charge on any atom is -0.493 e. The summed E-state index contributed by atoms with van der Waals surface area (Å²) in [4.78, 5) is 0. The van der Waals surface area contributed by atoms with E-state index >= 15 is 0 Å². The molecule has 2 aromatic rings. The van der Waals surface area contributed by atoms with Gasteiger partial charge in [0.2, 0.25) is 0 Å². The third kappa shape index (κ3) is 3.18. The lowest BCUT2D eigenvalue weighted by Crippen LogP contribution is -2.12. The molecule has 1 aliphatic heterocycles. The van der Waals surface area contributed by atoms with Crippen molar-refractivity contribution in [2.75, 3.05) is 6.61 Å². The Morgan fingerprint density at radius 3 is 2.90 bits per heavy atom. The summed E-state index contributed by atoms with van der Waals surface area (Å²) in [6.07, 6.45) is 2.74. The van der Waals surface area contributed by atoms with E-state index in [2.05, 4.69) is 18.2 Å². The number of hydrogen-bond acceptors (Lipinski definition) is 2. The maximum atomic E-state index is 6.26. The molecule has 1 atom stereocenters. The highest BCUT2D eigenvalue weighted by atomic mass is 35.5. The fraction of sp³-hybridized carbons (Fsp3) is 0.294. The van der Waals surface area contributed by atoms with Crippen LogP contribution in [0.2, 0.25) is 10.0 Å². The van der Waals surface area contributed by atoms with Crippen LogP contribution in [0, 0.1) is 0 Å². The Bertz CT molecular complexity index is 657. The van der Waals surface area contributed by atoms with Crippen molar-refractivity contribution in [2.45, 2.75) is 25.3 Å². The molecule has 2 aromatic carbocycles. The summed E-state index contributed by atoms with van der Waals surface area (Å²) in [5, 5.41) is 1.12.